The lowest BCUT2D eigenvalue weighted by atomic mass is 10.3. The summed E-state index contributed by atoms with van der Waals surface area (Å²) in [6.07, 6.45) is 1.42. The maximum atomic E-state index is 8.73. The van der Waals surface area contributed by atoms with E-state index in [0.717, 1.165) is 12.8 Å². The minimum Gasteiger partial charge on any atom is -0.394 e. The minimum absolute atomic E-state index is 0. The smallest absolute Gasteiger partial charge is 0.0799 e. The molecule has 0 aromatic rings. The number of hydrogen-bond donors (Lipinski definition) is 2. The van der Waals surface area contributed by atoms with Gasteiger partial charge < -0.3 is 19.7 Å². The molecular weight excluding hydrogens is 244 g/mol. The molecule has 0 aliphatic heterocycles. The van der Waals surface area contributed by atoms with Crippen molar-refractivity contribution in [3.63, 3.8) is 0 Å². The van der Waals surface area contributed by atoms with Crippen LogP contribution in [-0.4, -0.2) is 49.9 Å². The van der Waals surface area contributed by atoms with Crippen LogP contribution in [0.15, 0.2) is 0 Å². The number of methoxy groups -OCH3 is 2. The van der Waals surface area contributed by atoms with Gasteiger partial charge in [-0.25, -0.2) is 0 Å². The Balaban J connectivity index is -0.0000000240. The normalized spacial score (nSPS) is 10.4. The molecule has 0 bridgehead atoms. The van der Waals surface area contributed by atoms with Gasteiger partial charge in [-0.1, -0.05) is 51.0 Å². The van der Waals surface area contributed by atoms with E-state index in [4.69, 9.17) is 14.9 Å². The lowest BCUT2D eigenvalue weighted by Gasteiger charge is -2.06. The first-order valence-electron chi connectivity index (χ1n) is 4.96. The second-order valence-electron chi connectivity index (χ2n) is 2.97. The van der Waals surface area contributed by atoms with Crippen LogP contribution in [0.1, 0.15) is 63.8 Å². The third kappa shape index (κ3) is 38.1. The van der Waals surface area contributed by atoms with E-state index < -0.39 is 0 Å². The molecule has 19 heavy (non-hydrogen) atoms. The van der Waals surface area contributed by atoms with Gasteiger partial charge >= 0.3 is 0 Å². The number of hydrogen-bond acceptors (Lipinski definition) is 4. The molecule has 0 aromatic heterocycles. The van der Waals surface area contributed by atoms with Crippen LogP contribution in [0.5, 0.6) is 0 Å². The summed E-state index contributed by atoms with van der Waals surface area (Å²) in [5, 5.41) is 17.1. The Labute approximate surface area is 124 Å². The van der Waals surface area contributed by atoms with E-state index in [1.54, 1.807) is 14.2 Å². The standard InChI is InChI=1S/2C5H12O2.5CH4/c1-3-5(6)4-7-2;1-3-5(4-6)7-2;;;;;/h2*5-6H,3-4H2,1-2H3;5*1H4. The van der Waals surface area contributed by atoms with Crippen LogP contribution in [-0.2, 0) is 9.47 Å². The van der Waals surface area contributed by atoms with E-state index in [0.29, 0.717) is 6.61 Å². The summed E-state index contributed by atoms with van der Waals surface area (Å²) in [5.74, 6) is 0. The van der Waals surface area contributed by atoms with Crippen molar-refractivity contribution in [1.82, 2.24) is 0 Å². The molecule has 0 heterocycles. The second kappa shape index (κ2) is 36.1. The minimum atomic E-state index is -0.273. The third-order valence-electron chi connectivity index (χ3n) is 1.82. The average Bonchev–Trinajstić information content (AvgIpc) is 2.22. The van der Waals surface area contributed by atoms with Gasteiger partial charge in [-0.05, 0) is 12.8 Å². The number of rotatable bonds is 6. The van der Waals surface area contributed by atoms with Gasteiger partial charge in [0.05, 0.1) is 25.4 Å². The van der Waals surface area contributed by atoms with Gasteiger partial charge in [0, 0.05) is 14.2 Å². The molecule has 2 unspecified atom stereocenters. The lowest BCUT2D eigenvalue weighted by Crippen LogP contribution is -2.13. The van der Waals surface area contributed by atoms with Crippen molar-refractivity contribution >= 4 is 0 Å². The summed E-state index contributed by atoms with van der Waals surface area (Å²) in [7, 11) is 3.18. The van der Waals surface area contributed by atoms with E-state index in [1.165, 1.54) is 0 Å². The van der Waals surface area contributed by atoms with E-state index >= 15 is 0 Å². The Bertz CT molecular complexity index is 90.6. The van der Waals surface area contributed by atoms with E-state index in [1.807, 2.05) is 13.8 Å². The molecule has 2 atom stereocenters. The van der Waals surface area contributed by atoms with Crippen LogP contribution in [0.3, 0.4) is 0 Å². The monoisotopic (exact) mass is 288 g/mol. The fourth-order valence-corrected chi connectivity index (χ4v) is 0.681. The second-order valence-corrected chi connectivity index (χ2v) is 2.97. The average molecular weight is 289 g/mol. The first-order valence-corrected chi connectivity index (χ1v) is 4.96. The first-order chi connectivity index (χ1) is 6.65. The van der Waals surface area contributed by atoms with Gasteiger partial charge in [0.1, 0.15) is 0 Å². The zero-order valence-corrected chi connectivity index (χ0v) is 9.69. The molecule has 0 saturated carbocycles. The van der Waals surface area contributed by atoms with E-state index in [9.17, 15) is 0 Å². The summed E-state index contributed by atoms with van der Waals surface area (Å²) in [4.78, 5) is 0. The number of aliphatic hydroxyl groups is 2. The van der Waals surface area contributed by atoms with Crippen molar-refractivity contribution in [2.24, 2.45) is 0 Å². The maximum Gasteiger partial charge on any atom is 0.0799 e. The largest absolute Gasteiger partial charge is 0.394 e. The van der Waals surface area contributed by atoms with Crippen LogP contribution >= 0.6 is 0 Å². The summed E-state index contributed by atoms with van der Waals surface area (Å²) in [5.41, 5.74) is 0. The Morgan fingerprint density at radius 2 is 1.32 bits per heavy atom. The van der Waals surface area contributed by atoms with Gasteiger partial charge in [-0.3, -0.25) is 0 Å². The topological polar surface area (TPSA) is 58.9 Å². The van der Waals surface area contributed by atoms with Gasteiger partial charge in [0.25, 0.3) is 0 Å². The highest BCUT2D eigenvalue weighted by molar-refractivity contribution is 4.47. The fourth-order valence-electron chi connectivity index (χ4n) is 0.681. The Morgan fingerprint density at radius 1 is 0.895 bits per heavy atom. The Kier molecular flexibility index (Phi) is 81.2. The van der Waals surface area contributed by atoms with Gasteiger partial charge in [0.2, 0.25) is 0 Å². The quantitative estimate of drug-likeness (QED) is 0.776. The zero-order valence-electron chi connectivity index (χ0n) is 9.69. The Hall–Kier alpha value is -0.160. The highest BCUT2D eigenvalue weighted by atomic mass is 16.5. The fraction of sp³-hybridized carbons (Fsp3) is 1.00. The molecule has 0 saturated heterocycles. The summed E-state index contributed by atoms with van der Waals surface area (Å²) >= 11 is 0. The van der Waals surface area contributed by atoms with Crippen molar-refractivity contribution in [2.45, 2.75) is 76.0 Å². The van der Waals surface area contributed by atoms with Gasteiger partial charge in [0.15, 0.2) is 0 Å². The van der Waals surface area contributed by atoms with Crippen LogP contribution in [0.25, 0.3) is 0 Å². The molecule has 0 aliphatic rings. The molecule has 128 valence electrons. The van der Waals surface area contributed by atoms with Crippen molar-refractivity contribution in [3.05, 3.63) is 0 Å². The van der Waals surface area contributed by atoms with Crippen LogP contribution in [0.2, 0.25) is 0 Å². The molecule has 0 fully saturated rings. The van der Waals surface area contributed by atoms with Crippen LogP contribution in [0, 0.1) is 0 Å². The van der Waals surface area contributed by atoms with Crippen molar-refractivity contribution in [1.29, 1.82) is 0 Å². The van der Waals surface area contributed by atoms with Gasteiger partial charge in [-0.2, -0.15) is 0 Å². The lowest BCUT2D eigenvalue weighted by molar-refractivity contribution is 0.0467. The zero-order chi connectivity index (χ0) is 11.4. The highest BCUT2D eigenvalue weighted by Crippen LogP contribution is 1.91. The van der Waals surface area contributed by atoms with E-state index in [-0.39, 0.29) is 55.9 Å². The predicted molar refractivity (Wildman–Crippen MR) is 90.0 cm³/mol. The number of aliphatic hydroxyl groups excluding tert-OH is 2. The molecule has 4 heteroatoms. The molecule has 0 spiro atoms. The molecule has 2 N–H and O–H groups in total. The molecule has 0 aromatic carbocycles. The molecule has 0 amide bonds. The molecular formula is C15H44O4. The molecule has 0 rings (SSSR count). The molecule has 0 radical (unpaired) electrons. The molecule has 0 aliphatic carbocycles. The first kappa shape index (κ1) is 42.8. The van der Waals surface area contributed by atoms with E-state index in [2.05, 4.69) is 4.74 Å². The SMILES string of the molecule is C.C.C.C.C.CCC(CO)OC.CCC(O)COC. The molecule has 4 nitrogen and oxygen atoms in total. The summed E-state index contributed by atoms with van der Waals surface area (Å²) in [6.45, 7) is 4.48. The van der Waals surface area contributed by atoms with Gasteiger partial charge in [-0.15, -0.1) is 0 Å². The highest BCUT2D eigenvalue weighted by Gasteiger charge is 1.97. The van der Waals surface area contributed by atoms with Crippen LogP contribution < -0.4 is 0 Å². The number of ether oxygens (including phenoxy) is 2. The summed E-state index contributed by atoms with van der Waals surface area (Å²) in [6, 6.07) is 0. The third-order valence-corrected chi connectivity index (χ3v) is 1.82. The summed E-state index contributed by atoms with van der Waals surface area (Å²) < 4.78 is 9.44. The maximum absolute atomic E-state index is 8.73. The van der Waals surface area contributed by atoms with Crippen molar-refractivity contribution in [2.75, 3.05) is 27.4 Å². The van der Waals surface area contributed by atoms with Crippen molar-refractivity contribution in [3.8, 4) is 0 Å². The van der Waals surface area contributed by atoms with Crippen molar-refractivity contribution < 1.29 is 19.7 Å². The van der Waals surface area contributed by atoms with Crippen LogP contribution in [0.4, 0.5) is 0 Å². The Morgan fingerprint density at radius 3 is 1.37 bits per heavy atom. The predicted octanol–water partition coefficient (Wildman–Crippen LogP) is 3.99.